The number of aliphatic carboxylic acids is 1. The van der Waals surface area contributed by atoms with Gasteiger partial charge >= 0.3 is 5.97 Å². The molecule has 0 aromatic heterocycles. The topological polar surface area (TPSA) is 257 Å². The van der Waals surface area contributed by atoms with Crippen molar-refractivity contribution in [2.75, 3.05) is 25.4 Å². The van der Waals surface area contributed by atoms with Crippen molar-refractivity contribution in [1.29, 1.82) is 0 Å². The normalized spacial score (nSPS) is 13.3. The Labute approximate surface area is 505 Å². The fourth-order valence-corrected chi connectivity index (χ4v) is 11.6. The smallest absolute Gasteiger partial charge is 0.326 e. The summed E-state index contributed by atoms with van der Waals surface area (Å²) in [6.07, 6.45) is 43.2. The number of nitrogens with two attached hydrogens (primary N) is 3. The van der Waals surface area contributed by atoms with Crippen LogP contribution in [0.4, 0.5) is 0 Å². The van der Waals surface area contributed by atoms with E-state index in [9.17, 15) is 34.2 Å². The average molecular weight is 1180 g/mol. The average Bonchev–Trinajstić information content (AvgIpc) is 3.52. The minimum Gasteiger partial charge on any atom is -0.480 e. The molecule has 0 aliphatic carbocycles. The second-order valence-corrected chi connectivity index (χ2v) is 24.1. The fraction of sp³-hybridized carbons (Fsp3) is 0.894. The highest BCUT2D eigenvalue weighted by molar-refractivity contribution is 7.80. The van der Waals surface area contributed by atoms with Gasteiger partial charge in [0, 0.05) is 25.0 Å². The predicted molar refractivity (Wildman–Crippen MR) is 340 cm³/mol. The Kier molecular flexibility index (Phi) is 52.8. The van der Waals surface area contributed by atoms with Crippen molar-refractivity contribution in [3.05, 3.63) is 0 Å². The van der Waals surface area contributed by atoms with Gasteiger partial charge in [0.25, 0.3) is 11.8 Å². The molecule has 0 aromatic rings. The third kappa shape index (κ3) is 36.2. The Morgan fingerprint density at radius 3 is 1.07 bits per heavy atom. The molecule has 480 valence electrons. The highest BCUT2D eigenvalue weighted by atomic mass is 32.1. The van der Waals surface area contributed by atoms with Gasteiger partial charge in [0.05, 0.1) is 12.6 Å². The van der Waals surface area contributed by atoms with Crippen molar-refractivity contribution < 1.29 is 43.8 Å². The largest absolute Gasteiger partial charge is 0.480 e. The van der Waals surface area contributed by atoms with Crippen LogP contribution in [0.25, 0.3) is 0 Å². The molecule has 0 saturated heterocycles. The molecule has 82 heavy (non-hydrogen) atoms. The number of ketones is 1. The lowest BCUT2D eigenvalue weighted by molar-refractivity contribution is -0.164. The number of carboxylic acid groups (broad SMARTS) is 1. The van der Waals surface area contributed by atoms with E-state index in [4.69, 9.17) is 17.2 Å². The van der Waals surface area contributed by atoms with Crippen LogP contribution < -0.4 is 22.5 Å². The molecule has 9 N–H and O–H groups in total. The van der Waals surface area contributed by atoms with Gasteiger partial charge in [-0.25, -0.2) is 4.79 Å². The number of carbonyl (C=O) groups is 7. The highest BCUT2D eigenvalue weighted by Crippen LogP contribution is 2.29. The van der Waals surface area contributed by atoms with Gasteiger partial charge in [0.1, 0.15) is 12.1 Å². The standard InChI is InChI=1S/C66H126N6O9S/c1-4-7-10-13-16-19-22-25-28-31-34-37-40-49-59(74)66(55-82,65(81)70-57(54-73)63(78)71(58(64(79)80)48-44-46-53-68)62(77)56(69)47-43-45-52-67)72(60(75)50-41-38-35-32-29-26-23-20-17-14-11-8-5-2)61(76)51-42-39-36-33-30-27-24-21-18-15-12-9-6-3/h56-58,73,82H,4-55,67-69H2,1-3H3,(H,70,81)(H,79,80). The lowest BCUT2D eigenvalue weighted by Crippen LogP contribution is -2.70. The second-order valence-electron chi connectivity index (χ2n) is 23.8. The van der Waals surface area contributed by atoms with E-state index in [1.807, 2.05) is 0 Å². The van der Waals surface area contributed by atoms with Gasteiger partial charge in [-0.2, -0.15) is 12.6 Å². The number of aliphatic hydroxyl groups excluding tert-OH is 1. The molecule has 0 radical (unpaired) electrons. The van der Waals surface area contributed by atoms with Crippen LogP contribution in [-0.4, -0.2) is 110 Å². The van der Waals surface area contributed by atoms with Crippen LogP contribution in [0.5, 0.6) is 0 Å². The van der Waals surface area contributed by atoms with Crippen LogP contribution in [0.2, 0.25) is 0 Å². The van der Waals surface area contributed by atoms with Crippen molar-refractivity contribution in [1.82, 2.24) is 15.1 Å². The van der Waals surface area contributed by atoms with E-state index >= 15 is 9.59 Å². The van der Waals surface area contributed by atoms with Gasteiger partial charge < -0.3 is 32.7 Å². The monoisotopic (exact) mass is 1180 g/mol. The van der Waals surface area contributed by atoms with Crippen LogP contribution in [0.3, 0.4) is 0 Å². The first-order valence-corrected chi connectivity index (χ1v) is 34.6. The molecule has 0 aliphatic heterocycles. The summed E-state index contributed by atoms with van der Waals surface area (Å²) in [5.41, 5.74) is 15.2. The third-order valence-electron chi connectivity index (χ3n) is 16.5. The summed E-state index contributed by atoms with van der Waals surface area (Å²) in [6.45, 7) is 6.12. The molecule has 0 aromatic carbocycles. The number of amides is 5. The molecule has 15 nitrogen and oxygen atoms in total. The molecule has 16 heteroatoms. The number of nitrogens with zero attached hydrogens (tertiary/aromatic N) is 2. The van der Waals surface area contributed by atoms with E-state index in [1.54, 1.807) is 0 Å². The van der Waals surface area contributed by atoms with E-state index in [2.05, 4.69) is 38.7 Å². The summed E-state index contributed by atoms with van der Waals surface area (Å²) in [7, 11) is 0. The molecule has 0 spiro atoms. The first-order valence-electron chi connectivity index (χ1n) is 34.0. The summed E-state index contributed by atoms with van der Waals surface area (Å²) in [5, 5.41) is 23.9. The Morgan fingerprint density at radius 1 is 0.451 bits per heavy atom. The maximum absolute atomic E-state index is 15.3. The molecule has 0 aliphatic rings. The third-order valence-corrected chi connectivity index (χ3v) is 17.0. The van der Waals surface area contributed by atoms with E-state index in [1.165, 1.54) is 135 Å². The molecule has 4 atom stereocenters. The number of unbranched alkanes of at least 4 members (excludes halogenated alkanes) is 38. The first-order chi connectivity index (χ1) is 39.8. The van der Waals surface area contributed by atoms with Crippen molar-refractivity contribution in [3.8, 4) is 0 Å². The van der Waals surface area contributed by atoms with E-state index in [0.717, 1.165) is 81.9 Å². The van der Waals surface area contributed by atoms with Crippen LogP contribution in [0, 0.1) is 0 Å². The number of thiol groups is 1. The second kappa shape index (κ2) is 54.7. The lowest BCUT2D eigenvalue weighted by atomic mass is 9.87. The van der Waals surface area contributed by atoms with Gasteiger partial charge in [-0.15, -0.1) is 0 Å². The molecule has 0 fully saturated rings. The number of aliphatic hydroxyl groups is 1. The molecule has 0 bridgehead atoms. The number of hydrogen-bond donors (Lipinski definition) is 7. The van der Waals surface area contributed by atoms with Crippen LogP contribution in [0.15, 0.2) is 0 Å². The zero-order valence-corrected chi connectivity index (χ0v) is 53.7. The maximum Gasteiger partial charge on any atom is 0.326 e. The molecule has 0 saturated carbocycles. The van der Waals surface area contributed by atoms with Crippen LogP contribution in [0.1, 0.15) is 329 Å². The lowest BCUT2D eigenvalue weighted by Gasteiger charge is -2.40. The number of hydrogen-bond acceptors (Lipinski definition) is 12. The zero-order valence-electron chi connectivity index (χ0n) is 52.8. The fourth-order valence-electron chi connectivity index (χ4n) is 11.2. The van der Waals surface area contributed by atoms with Crippen molar-refractivity contribution in [2.45, 2.75) is 353 Å². The molecular weight excluding hydrogens is 1050 g/mol. The van der Waals surface area contributed by atoms with E-state index < -0.39 is 77.3 Å². The SMILES string of the molecule is CCCCCCCCCCCCCCCC(=O)N(C(=O)CCCCCCCCCCCCCCC)C(CS)(C(=O)CCCCCCCCCCCCCCC)C(=O)NC(CO)C(=O)N(C(=O)C(N)CCCCN)C(CCCCN)C(=O)O. The summed E-state index contributed by atoms with van der Waals surface area (Å²) in [4.78, 5) is 103. The summed E-state index contributed by atoms with van der Waals surface area (Å²) < 4.78 is 0. The van der Waals surface area contributed by atoms with Gasteiger partial charge in [-0.3, -0.25) is 38.6 Å². The van der Waals surface area contributed by atoms with Crippen molar-refractivity contribution >= 4 is 53.9 Å². The Morgan fingerprint density at radius 2 is 0.768 bits per heavy atom. The van der Waals surface area contributed by atoms with Gasteiger partial charge in [0.2, 0.25) is 17.7 Å². The minimum atomic E-state index is -2.53. The zero-order chi connectivity index (χ0) is 60.9. The molecular formula is C66H126N6O9S. The quantitative estimate of drug-likeness (QED) is 0.0170. The predicted octanol–water partition coefficient (Wildman–Crippen LogP) is 13.9. The number of carbonyl (C=O) groups excluding carboxylic acids is 6. The number of carboxylic acids is 1. The highest BCUT2D eigenvalue weighted by Gasteiger charge is 2.54. The van der Waals surface area contributed by atoms with Gasteiger partial charge in [-0.1, -0.05) is 258 Å². The Hall–Kier alpha value is -2.92. The van der Waals surface area contributed by atoms with Crippen LogP contribution in [-0.2, 0) is 33.6 Å². The number of imide groups is 2. The first kappa shape index (κ1) is 79.1. The molecule has 4 unspecified atom stereocenters. The summed E-state index contributed by atoms with van der Waals surface area (Å²) >= 11 is 4.64. The van der Waals surface area contributed by atoms with Crippen LogP contribution >= 0.6 is 12.6 Å². The maximum atomic E-state index is 15.3. The Bertz CT molecular complexity index is 1600. The number of Topliss-reactive ketones (excluding diaryl/α,β-unsaturated/α-hetero) is 1. The van der Waals surface area contributed by atoms with E-state index in [-0.39, 0.29) is 45.1 Å². The minimum absolute atomic E-state index is 0.0826. The van der Waals surface area contributed by atoms with Gasteiger partial charge in [0.15, 0.2) is 11.3 Å². The van der Waals surface area contributed by atoms with Crippen molar-refractivity contribution in [2.24, 2.45) is 17.2 Å². The molecule has 0 rings (SSSR count). The Balaban J connectivity index is 6.92. The van der Waals surface area contributed by atoms with E-state index in [0.29, 0.717) is 69.2 Å². The number of rotatable bonds is 60. The van der Waals surface area contributed by atoms with Crippen molar-refractivity contribution in [3.63, 3.8) is 0 Å². The number of nitrogens with one attached hydrogen (secondary N) is 1. The summed E-state index contributed by atoms with van der Waals surface area (Å²) in [6, 6.07) is -5.02. The van der Waals surface area contributed by atoms with Gasteiger partial charge in [-0.05, 0) is 64.5 Å². The summed E-state index contributed by atoms with van der Waals surface area (Å²) in [5.74, 6) is -7.69. The molecule has 5 amide bonds. The molecule has 0 heterocycles.